The number of unbranched alkanes of at least 4 members (excludes halogenated alkanes) is 20. The maximum atomic E-state index is 17.2. The number of halogens is 2. The molecular weight excluding hydrogens is 1440 g/mol. The normalized spacial score (nSPS) is 12.6. The molecule has 0 saturated heterocycles. The molecule has 0 radical (unpaired) electrons. The Hall–Kier alpha value is -5.30. The van der Waals surface area contributed by atoms with Gasteiger partial charge in [0.1, 0.15) is 33.6 Å². The molecule has 0 aliphatic carbocycles. The van der Waals surface area contributed by atoms with Gasteiger partial charge in [0, 0.05) is 119 Å². The highest BCUT2D eigenvalue weighted by Gasteiger charge is 2.31. The summed E-state index contributed by atoms with van der Waals surface area (Å²) in [4.78, 5) is 11.1. The number of fused-ring (bicyclic) bond motifs is 4. The molecule has 0 bridgehead atoms. The second-order valence-electron chi connectivity index (χ2n) is 29.2. The third-order valence-electron chi connectivity index (χ3n) is 21.6. The second-order valence-corrected chi connectivity index (χ2v) is 37.1. The average molecular weight is 1550 g/mol. The zero-order valence-corrected chi connectivity index (χ0v) is 69.9. The van der Waals surface area contributed by atoms with Crippen LogP contribution in [0.15, 0.2) is 72.8 Å². The number of rotatable bonds is 43. The molecule has 6 nitrogen and oxygen atoms in total. The van der Waals surface area contributed by atoms with Crippen molar-refractivity contribution in [3.8, 4) is 84.6 Å². The third kappa shape index (κ3) is 18.0. The smallest absolute Gasteiger partial charge is 0.168 e. The fourth-order valence-electron chi connectivity index (χ4n) is 15.5. The van der Waals surface area contributed by atoms with Crippen LogP contribution in [0.3, 0.4) is 0 Å². The van der Waals surface area contributed by atoms with Crippen molar-refractivity contribution in [2.75, 3.05) is 13.2 Å². The minimum absolute atomic E-state index is 0.216. The Labute approximate surface area is 651 Å². The highest BCUT2D eigenvalue weighted by molar-refractivity contribution is 7.25. The van der Waals surface area contributed by atoms with Crippen molar-refractivity contribution in [2.24, 2.45) is 11.8 Å². The van der Waals surface area contributed by atoms with E-state index in [0.717, 1.165) is 120 Å². The van der Waals surface area contributed by atoms with Gasteiger partial charge in [0.2, 0.25) is 0 Å². The Morgan fingerprint density at radius 2 is 0.731 bits per heavy atom. The standard InChI is InChI=1S/C88H108F2N4O2S8/c1-11-17-21-23-25-27-29-31-33-35-49-95-85-56(8)74(82-81(58(85)10)91-103-92-82)69-47-45-67(100-69)63-41-42-64(80(90)79(63)89)68-46-48-72(101-68)78-84-83(93-104-94-84)75(57(9)86(78)96-50-36-34-32-30-28-26-24-22-18-12-2)73-54-66-77(71-44-40-62(99-71)53-60(16-6)38-20-14-4)87-65(51-55(7)97-87)76(88(66)102-73)70-43-39-61(98-70)52-59(15-5)37-19-13-3/h39-48,51,54,59-60H,11-38,49-50,52-53H2,1-10H3. The van der Waals surface area contributed by atoms with E-state index in [0.29, 0.717) is 34.8 Å². The van der Waals surface area contributed by atoms with Gasteiger partial charge in [-0.25, -0.2) is 8.78 Å². The molecule has 104 heavy (non-hydrogen) atoms. The highest BCUT2D eigenvalue weighted by Crippen LogP contribution is 2.57. The number of nitrogens with zero attached hydrogens (tertiary/aromatic N) is 4. The lowest BCUT2D eigenvalue weighted by molar-refractivity contribution is 0.301. The highest BCUT2D eigenvalue weighted by atomic mass is 32.1. The first-order valence-corrected chi connectivity index (χ1v) is 45.9. The zero-order chi connectivity index (χ0) is 72.6. The molecule has 8 heterocycles. The van der Waals surface area contributed by atoms with Crippen molar-refractivity contribution in [3.63, 3.8) is 0 Å². The van der Waals surface area contributed by atoms with Crippen LogP contribution in [0.25, 0.3) is 115 Å². The minimum atomic E-state index is -0.874. The minimum Gasteiger partial charge on any atom is -0.493 e. The van der Waals surface area contributed by atoms with Crippen molar-refractivity contribution < 1.29 is 18.3 Å². The zero-order valence-electron chi connectivity index (χ0n) is 63.3. The maximum Gasteiger partial charge on any atom is 0.168 e. The molecule has 0 N–H and O–H groups in total. The summed E-state index contributed by atoms with van der Waals surface area (Å²) in [5.41, 5.74) is 12.2. The summed E-state index contributed by atoms with van der Waals surface area (Å²) in [6.45, 7) is 23.7. The molecule has 2 atom stereocenters. The van der Waals surface area contributed by atoms with E-state index in [1.165, 1.54) is 256 Å². The van der Waals surface area contributed by atoms with Gasteiger partial charge in [-0.05, 0) is 138 Å². The molecule has 0 aliphatic heterocycles. The molecule has 12 rings (SSSR count). The van der Waals surface area contributed by atoms with Gasteiger partial charge in [0.05, 0.1) is 42.2 Å². The lowest BCUT2D eigenvalue weighted by Gasteiger charge is -2.17. The van der Waals surface area contributed by atoms with Crippen LogP contribution in [0.5, 0.6) is 11.5 Å². The van der Waals surface area contributed by atoms with Gasteiger partial charge in [-0.3, -0.25) is 0 Å². The SMILES string of the molecule is CCCCCCCCCCCCOc1c(C)c(-c2ccc(-c3ccc(-c4ccc(-c5c(OCCCCCCCCCCCC)c(C)c(-c6cc7c(-c8ccc(CC(CC)CCCC)s8)c8sc(C)cc8c(-c8ccc(CC(CC)CCCC)s8)c7s6)c6nsnc56)s4)c(F)c3F)s2)c2nsnc2c1C. The van der Waals surface area contributed by atoms with E-state index in [1.807, 2.05) is 69.6 Å². The number of hydrogen-bond acceptors (Lipinski definition) is 14. The summed E-state index contributed by atoms with van der Waals surface area (Å²) in [7, 11) is 0. The molecule has 0 saturated carbocycles. The lowest BCUT2D eigenvalue weighted by Crippen LogP contribution is -2.02. The summed E-state index contributed by atoms with van der Waals surface area (Å²) in [5.74, 6) is 1.23. The Morgan fingerprint density at radius 1 is 0.346 bits per heavy atom. The van der Waals surface area contributed by atoms with E-state index in [2.05, 4.69) is 106 Å². The Balaban J connectivity index is 0.890. The Bertz CT molecular complexity index is 4650. The number of aryl methyl sites for hydroxylation is 2. The summed E-state index contributed by atoms with van der Waals surface area (Å²) >= 11 is 13.1. The number of hydrogen-bond donors (Lipinski definition) is 0. The Morgan fingerprint density at radius 3 is 1.23 bits per heavy atom. The second kappa shape index (κ2) is 38.2. The van der Waals surface area contributed by atoms with Crippen LogP contribution in [-0.4, -0.2) is 30.7 Å². The molecule has 554 valence electrons. The van der Waals surface area contributed by atoms with Crippen LogP contribution in [0.1, 0.15) is 253 Å². The quantitative estimate of drug-likeness (QED) is 0.0355. The van der Waals surface area contributed by atoms with E-state index >= 15 is 8.78 Å². The summed E-state index contributed by atoms with van der Waals surface area (Å²) < 4.78 is 70.7. The summed E-state index contributed by atoms with van der Waals surface area (Å²) in [6.07, 6.45) is 37.0. The van der Waals surface area contributed by atoms with E-state index in [9.17, 15) is 0 Å². The van der Waals surface area contributed by atoms with Gasteiger partial charge in [0.15, 0.2) is 11.6 Å². The van der Waals surface area contributed by atoms with Crippen molar-refractivity contribution in [1.82, 2.24) is 17.5 Å². The fraction of sp³-hybridized carbons (Fsp3) is 0.500. The van der Waals surface area contributed by atoms with Gasteiger partial charge >= 0.3 is 0 Å². The molecule has 16 heteroatoms. The Kier molecular flexibility index (Phi) is 28.7. The fourth-order valence-corrected chi connectivity index (χ4v) is 23.8. The number of ether oxygens (including phenoxy) is 2. The maximum absolute atomic E-state index is 17.2. The third-order valence-corrected chi connectivity index (χ3v) is 29.4. The number of thiophene rings is 6. The van der Waals surface area contributed by atoms with Gasteiger partial charge in [0.25, 0.3) is 0 Å². The van der Waals surface area contributed by atoms with Crippen LogP contribution in [0.4, 0.5) is 8.78 Å². The van der Waals surface area contributed by atoms with Gasteiger partial charge < -0.3 is 9.47 Å². The molecule has 0 spiro atoms. The molecule has 0 aliphatic rings. The van der Waals surface area contributed by atoms with Crippen molar-refractivity contribution >= 4 is 134 Å². The first-order valence-electron chi connectivity index (χ1n) is 39.5. The van der Waals surface area contributed by atoms with Crippen LogP contribution in [0, 0.1) is 51.2 Å². The van der Waals surface area contributed by atoms with Gasteiger partial charge in [-0.15, -0.1) is 68.0 Å². The lowest BCUT2D eigenvalue weighted by atomic mass is 9.95. The van der Waals surface area contributed by atoms with E-state index in [-0.39, 0.29) is 11.1 Å². The summed E-state index contributed by atoms with van der Waals surface area (Å²) in [5, 5.41) is 2.62. The van der Waals surface area contributed by atoms with E-state index in [1.54, 1.807) is 12.1 Å². The van der Waals surface area contributed by atoms with Crippen LogP contribution in [0.2, 0.25) is 0 Å². The van der Waals surface area contributed by atoms with Crippen molar-refractivity contribution in [3.05, 3.63) is 116 Å². The predicted octanol–water partition coefficient (Wildman–Crippen LogP) is 31.7. The van der Waals surface area contributed by atoms with Crippen molar-refractivity contribution in [1.29, 1.82) is 0 Å². The van der Waals surface area contributed by atoms with Crippen LogP contribution in [-0.2, 0) is 12.8 Å². The topological polar surface area (TPSA) is 70.0 Å². The molecule has 2 unspecified atom stereocenters. The van der Waals surface area contributed by atoms with Crippen molar-refractivity contribution in [2.45, 2.75) is 262 Å². The molecule has 8 aromatic heterocycles. The van der Waals surface area contributed by atoms with Crippen LogP contribution >= 0.6 is 91.5 Å². The predicted molar refractivity (Wildman–Crippen MR) is 456 cm³/mol. The average Bonchev–Trinajstić information content (AvgIpc) is 1.56. The molecule has 4 aromatic carbocycles. The molecular formula is C88H108F2N4O2S8. The molecule has 12 aromatic rings. The first-order chi connectivity index (χ1) is 50.9. The number of aromatic nitrogens is 4. The summed E-state index contributed by atoms with van der Waals surface area (Å²) in [6, 6.07) is 26.0. The monoisotopic (exact) mass is 1550 g/mol. The van der Waals surface area contributed by atoms with Gasteiger partial charge in [-0.1, -0.05) is 208 Å². The van der Waals surface area contributed by atoms with E-state index < -0.39 is 11.6 Å². The largest absolute Gasteiger partial charge is 0.493 e. The van der Waals surface area contributed by atoms with Gasteiger partial charge in [-0.2, -0.15) is 17.5 Å². The molecule has 0 fully saturated rings. The van der Waals surface area contributed by atoms with Crippen LogP contribution < -0.4 is 9.47 Å². The van der Waals surface area contributed by atoms with E-state index in [4.69, 9.17) is 27.0 Å². The molecule has 0 amide bonds. The first kappa shape index (κ1) is 78.3. The number of benzene rings is 4.